The first kappa shape index (κ1) is 13.3. The average Bonchev–Trinajstić information content (AvgIpc) is 2.39. The van der Waals surface area contributed by atoms with Crippen LogP contribution in [0, 0.1) is 0 Å². The van der Waals surface area contributed by atoms with Gasteiger partial charge >= 0.3 is 0 Å². The molecular formula is C15H25N3. The molecule has 0 fully saturated rings. The van der Waals surface area contributed by atoms with Gasteiger partial charge in [0.05, 0.1) is 5.69 Å². The highest BCUT2D eigenvalue weighted by Crippen LogP contribution is 2.19. The molecule has 0 spiro atoms. The maximum Gasteiger partial charge on any atom is 0.148 e. The van der Waals surface area contributed by atoms with Crippen molar-refractivity contribution < 1.29 is 0 Å². The minimum Gasteiger partial charge on any atom is -0.372 e. The number of fused-ring (bicyclic) bond motifs is 1. The topological polar surface area (TPSA) is 37.8 Å². The number of nitrogens with zero attached hydrogens (tertiary/aromatic N) is 2. The normalized spacial score (nSPS) is 18.3. The van der Waals surface area contributed by atoms with Gasteiger partial charge in [-0.3, -0.25) is 0 Å². The van der Waals surface area contributed by atoms with Gasteiger partial charge in [0, 0.05) is 7.05 Å². The smallest absolute Gasteiger partial charge is 0.148 e. The van der Waals surface area contributed by atoms with Crippen LogP contribution in [0.25, 0.3) is 0 Å². The van der Waals surface area contributed by atoms with Gasteiger partial charge in [-0.2, -0.15) is 5.10 Å². The number of hydrogen-bond donors (Lipinski definition) is 1. The molecule has 1 N–H and O–H groups in total. The summed E-state index contributed by atoms with van der Waals surface area (Å²) in [7, 11) is 1.91. The van der Waals surface area contributed by atoms with Crippen molar-refractivity contribution in [2.24, 2.45) is 0 Å². The summed E-state index contributed by atoms with van der Waals surface area (Å²) in [5, 5.41) is 11.7. The Bertz CT molecular complexity index is 363. The number of hydrogen-bond acceptors (Lipinski definition) is 3. The van der Waals surface area contributed by atoms with Gasteiger partial charge in [-0.25, -0.2) is 0 Å². The van der Waals surface area contributed by atoms with E-state index in [4.69, 9.17) is 0 Å². The van der Waals surface area contributed by atoms with Crippen LogP contribution in [0.4, 0.5) is 5.82 Å². The molecule has 1 heterocycles. The van der Waals surface area contributed by atoms with Crippen LogP contribution in [-0.4, -0.2) is 17.2 Å². The number of anilines is 1. The van der Waals surface area contributed by atoms with Crippen molar-refractivity contribution in [1.82, 2.24) is 10.2 Å². The van der Waals surface area contributed by atoms with E-state index < -0.39 is 0 Å². The maximum absolute atomic E-state index is 4.41. The van der Waals surface area contributed by atoms with Crippen LogP contribution < -0.4 is 5.32 Å². The van der Waals surface area contributed by atoms with E-state index in [1.807, 2.05) is 7.05 Å². The minimum atomic E-state index is 0.904. The Morgan fingerprint density at radius 2 is 1.44 bits per heavy atom. The molecule has 0 radical (unpaired) electrons. The summed E-state index contributed by atoms with van der Waals surface area (Å²) in [6.45, 7) is 0. The lowest BCUT2D eigenvalue weighted by molar-refractivity contribution is 0.555. The molecule has 1 aromatic heterocycles. The second kappa shape index (κ2) is 7.34. The van der Waals surface area contributed by atoms with Gasteiger partial charge in [0.25, 0.3) is 0 Å². The predicted molar refractivity (Wildman–Crippen MR) is 75.9 cm³/mol. The Morgan fingerprint density at radius 1 is 0.833 bits per heavy atom. The van der Waals surface area contributed by atoms with Crippen LogP contribution in [0.2, 0.25) is 0 Å². The van der Waals surface area contributed by atoms with Gasteiger partial charge in [0.2, 0.25) is 0 Å². The van der Waals surface area contributed by atoms with Gasteiger partial charge in [0.1, 0.15) is 5.82 Å². The van der Waals surface area contributed by atoms with Crippen LogP contribution in [0.3, 0.4) is 0 Å². The average molecular weight is 247 g/mol. The summed E-state index contributed by atoms with van der Waals surface area (Å²) < 4.78 is 0. The summed E-state index contributed by atoms with van der Waals surface area (Å²) in [4.78, 5) is 0. The molecule has 0 aliphatic heterocycles. The number of nitrogens with one attached hydrogen (secondary N) is 1. The molecule has 1 aliphatic rings. The van der Waals surface area contributed by atoms with Crippen molar-refractivity contribution in [2.75, 3.05) is 12.4 Å². The van der Waals surface area contributed by atoms with Gasteiger partial charge < -0.3 is 5.32 Å². The third kappa shape index (κ3) is 3.97. The molecule has 0 atom stereocenters. The van der Waals surface area contributed by atoms with Crippen molar-refractivity contribution in [3.05, 3.63) is 17.3 Å². The van der Waals surface area contributed by atoms with Gasteiger partial charge in [0.15, 0.2) is 0 Å². The van der Waals surface area contributed by atoms with E-state index in [2.05, 4.69) is 21.6 Å². The van der Waals surface area contributed by atoms with Crippen molar-refractivity contribution in [1.29, 1.82) is 0 Å². The van der Waals surface area contributed by atoms with Crippen LogP contribution in [-0.2, 0) is 12.8 Å². The highest BCUT2D eigenvalue weighted by Gasteiger charge is 2.08. The lowest BCUT2D eigenvalue weighted by Gasteiger charge is -2.11. The number of aromatic nitrogens is 2. The first-order valence-corrected chi connectivity index (χ1v) is 7.43. The molecule has 0 unspecified atom stereocenters. The van der Waals surface area contributed by atoms with Crippen molar-refractivity contribution in [3.63, 3.8) is 0 Å². The maximum atomic E-state index is 4.41. The van der Waals surface area contributed by atoms with E-state index in [0.29, 0.717) is 0 Å². The zero-order valence-electron chi connectivity index (χ0n) is 11.5. The molecule has 0 saturated heterocycles. The van der Waals surface area contributed by atoms with Crippen molar-refractivity contribution in [3.8, 4) is 0 Å². The van der Waals surface area contributed by atoms with Crippen LogP contribution >= 0.6 is 0 Å². The van der Waals surface area contributed by atoms with Crippen LogP contribution in [0.1, 0.15) is 62.6 Å². The molecule has 3 nitrogen and oxygen atoms in total. The van der Waals surface area contributed by atoms with E-state index in [9.17, 15) is 0 Å². The highest BCUT2D eigenvalue weighted by molar-refractivity contribution is 5.37. The van der Waals surface area contributed by atoms with Crippen LogP contribution in [0.15, 0.2) is 6.07 Å². The molecule has 1 aromatic rings. The Balaban J connectivity index is 2.07. The summed E-state index contributed by atoms with van der Waals surface area (Å²) in [5.41, 5.74) is 2.64. The first-order chi connectivity index (χ1) is 8.90. The van der Waals surface area contributed by atoms with Gasteiger partial charge in [-0.15, -0.1) is 5.10 Å². The fourth-order valence-corrected chi connectivity index (χ4v) is 2.67. The van der Waals surface area contributed by atoms with Crippen molar-refractivity contribution in [2.45, 2.75) is 64.2 Å². The van der Waals surface area contributed by atoms with Crippen LogP contribution in [0.5, 0.6) is 0 Å². The standard InChI is InChI=1S/C15H25N3/c1-16-15-12-13-10-8-6-4-2-3-5-7-9-11-14(13)17-18-15/h12H,2-11H2,1H3,(H,16,18). The van der Waals surface area contributed by atoms with E-state index >= 15 is 0 Å². The summed E-state index contributed by atoms with van der Waals surface area (Å²) in [5.74, 6) is 0.904. The third-order valence-corrected chi connectivity index (χ3v) is 3.83. The minimum absolute atomic E-state index is 0.904. The van der Waals surface area contributed by atoms with E-state index in [1.54, 1.807) is 0 Å². The molecule has 2 rings (SSSR count). The zero-order valence-corrected chi connectivity index (χ0v) is 11.5. The summed E-state index contributed by atoms with van der Waals surface area (Å²) >= 11 is 0. The lowest BCUT2D eigenvalue weighted by Crippen LogP contribution is -2.05. The Kier molecular flexibility index (Phi) is 5.43. The second-order valence-electron chi connectivity index (χ2n) is 5.28. The largest absolute Gasteiger partial charge is 0.372 e. The fraction of sp³-hybridized carbons (Fsp3) is 0.733. The van der Waals surface area contributed by atoms with E-state index in [0.717, 1.165) is 12.2 Å². The quantitative estimate of drug-likeness (QED) is 0.821. The van der Waals surface area contributed by atoms with E-state index in [1.165, 1.54) is 69.0 Å². The molecule has 0 saturated carbocycles. The summed E-state index contributed by atoms with van der Waals surface area (Å²) in [6, 6.07) is 2.19. The first-order valence-electron chi connectivity index (χ1n) is 7.43. The fourth-order valence-electron chi connectivity index (χ4n) is 2.67. The highest BCUT2D eigenvalue weighted by atomic mass is 15.2. The molecule has 18 heavy (non-hydrogen) atoms. The molecule has 0 bridgehead atoms. The van der Waals surface area contributed by atoms with Gasteiger partial charge in [-0.1, -0.05) is 38.5 Å². The second-order valence-corrected chi connectivity index (χ2v) is 5.28. The van der Waals surface area contributed by atoms with E-state index in [-0.39, 0.29) is 0 Å². The predicted octanol–water partition coefficient (Wildman–Crippen LogP) is 3.74. The third-order valence-electron chi connectivity index (χ3n) is 3.83. The Hall–Kier alpha value is -1.12. The zero-order chi connectivity index (χ0) is 12.6. The Morgan fingerprint density at radius 3 is 2.11 bits per heavy atom. The molecule has 0 amide bonds. The van der Waals surface area contributed by atoms with Gasteiger partial charge in [-0.05, 0) is 37.3 Å². The Labute approximate surface area is 110 Å². The lowest BCUT2D eigenvalue weighted by atomic mass is 9.99. The molecular weight excluding hydrogens is 222 g/mol. The molecule has 0 aromatic carbocycles. The summed E-state index contributed by atoms with van der Waals surface area (Å²) in [6.07, 6.45) is 13.1. The number of aryl methyl sites for hydroxylation is 2. The molecule has 100 valence electrons. The molecule has 3 heteroatoms. The van der Waals surface area contributed by atoms with Crippen molar-refractivity contribution >= 4 is 5.82 Å². The molecule has 1 aliphatic carbocycles. The SMILES string of the molecule is CNc1cc2c(nn1)CCCCCCCCCC2. The monoisotopic (exact) mass is 247 g/mol. The number of rotatable bonds is 1.